The molecule has 0 aliphatic carbocycles. The lowest BCUT2D eigenvalue weighted by atomic mass is 9.86. The van der Waals surface area contributed by atoms with Crippen molar-refractivity contribution in [1.82, 2.24) is 10.3 Å². The Bertz CT molecular complexity index is 364. The van der Waals surface area contributed by atoms with E-state index in [1.165, 1.54) is 0 Å². The molecule has 96 valence electrons. The first-order chi connectivity index (χ1) is 8.15. The van der Waals surface area contributed by atoms with Gasteiger partial charge in [0, 0.05) is 6.54 Å². The molecule has 4 unspecified atom stereocenters. The third kappa shape index (κ3) is 2.38. The maximum absolute atomic E-state index is 5.86. The number of nitrogens with one attached hydrogen (secondary N) is 1. The van der Waals surface area contributed by atoms with Gasteiger partial charge in [-0.1, -0.05) is 13.8 Å². The summed E-state index contributed by atoms with van der Waals surface area (Å²) in [5.41, 5.74) is 1.02. The standard InChI is InChI=1S/C13H22N2O2/c1-5-14-6-11-13(16-7-15-11)12-8(2)9(3)17-10(12)4/h7-10,12,14H,5-6H2,1-4H3. The van der Waals surface area contributed by atoms with Crippen LogP contribution in [0.1, 0.15) is 45.1 Å². The zero-order valence-corrected chi connectivity index (χ0v) is 11.1. The van der Waals surface area contributed by atoms with E-state index in [4.69, 9.17) is 9.15 Å². The molecular formula is C13H22N2O2. The average molecular weight is 238 g/mol. The first kappa shape index (κ1) is 12.6. The molecule has 4 nitrogen and oxygen atoms in total. The summed E-state index contributed by atoms with van der Waals surface area (Å²) >= 11 is 0. The number of ether oxygens (including phenoxy) is 1. The summed E-state index contributed by atoms with van der Waals surface area (Å²) in [5, 5.41) is 3.29. The minimum Gasteiger partial charge on any atom is -0.448 e. The van der Waals surface area contributed by atoms with Crippen LogP contribution in [-0.4, -0.2) is 23.7 Å². The van der Waals surface area contributed by atoms with Crippen molar-refractivity contribution < 1.29 is 9.15 Å². The molecule has 2 rings (SSSR count). The Morgan fingerprint density at radius 3 is 2.65 bits per heavy atom. The first-order valence-corrected chi connectivity index (χ1v) is 6.43. The normalized spacial score (nSPS) is 33.2. The van der Waals surface area contributed by atoms with Crippen LogP contribution in [0.25, 0.3) is 0 Å². The molecule has 1 aliphatic rings. The van der Waals surface area contributed by atoms with Crippen LogP contribution in [0.3, 0.4) is 0 Å². The Morgan fingerprint density at radius 1 is 1.29 bits per heavy atom. The van der Waals surface area contributed by atoms with Crippen molar-refractivity contribution in [2.75, 3.05) is 6.54 Å². The molecule has 1 saturated heterocycles. The van der Waals surface area contributed by atoms with Crippen LogP contribution in [0.5, 0.6) is 0 Å². The van der Waals surface area contributed by atoms with Crippen LogP contribution >= 0.6 is 0 Å². The smallest absolute Gasteiger partial charge is 0.181 e. The fourth-order valence-electron chi connectivity index (χ4n) is 2.64. The minimum absolute atomic E-state index is 0.202. The van der Waals surface area contributed by atoms with Gasteiger partial charge in [-0.25, -0.2) is 4.98 Å². The lowest BCUT2D eigenvalue weighted by Crippen LogP contribution is -2.19. The molecule has 4 atom stereocenters. The topological polar surface area (TPSA) is 47.3 Å². The van der Waals surface area contributed by atoms with E-state index in [0.29, 0.717) is 11.8 Å². The van der Waals surface area contributed by atoms with Gasteiger partial charge in [0.05, 0.1) is 23.8 Å². The summed E-state index contributed by atoms with van der Waals surface area (Å²) in [6.07, 6.45) is 2.03. The van der Waals surface area contributed by atoms with Gasteiger partial charge >= 0.3 is 0 Å². The van der Waals surface area contributed by atoms with Crippen LogP contribution in [-0.2, 0) is 11.3 Å². The highest BCUT2D eigenvalue weighted by Gasteiger charge is 2.41. The molecule has 2 heterocycles. The second-order valence-electron chi connectivity index (χ2n) is 4.87. The van der Waals surface area contributed by atoms with Crippen molar-refractivity contribution in [1.29, 1.82) is 0 Å². The van der Waals surface area contributed by atoms with Crippen LogP contribution in [0, 0.1) is 5.92 Å². The number of nitrogens with zero attached hydrogens (tertiary/aromatic N) is 1. The Hall–Kier alpha value is -0.870. The number of rotatable bonds is 4. The first-order valence-electron chi connectivity index (χ1n) is 6.43. The van der Waals surface area contributed by atoms with E-state index in [1.807, 2.05) is 0 Å². The monoisotopic (exact) mass is 238 g/mol. The zero-order chi connectivity index (χ0) is 12.4. The minimum atomic E-state index is 0.202. The number of hydrogen-bond donors (Lipinski definition) is 1. The predicted octanol–water partition coefficient (Wildman–Crippen LogP) is 2.31. The van der Waals surface area contributed by atoms with E-state index in [-0.39, 0.29) is 12.2 Å². The zero-order valence-electron chi connectivity index (χ0n) is 11.1. The molecule has 1 aromatic heterocycles. The third-order valence-electron chi connectivity index (χ3n) is 3.76. The molecule has 1 aromatic rings. The largest absolute Gasteiger partial charge is 0.448 e. The molecule has 0 aromatic carbocycles. The van der Waals surface area contributed by atoms with Crippen LogP contribution in [0.4, 0.5) is 0 Å². The lowest BCUT2D eigenvalue weighted by molar-refractivity contribution is 0.0547. The fourth-order valence-corrected chi connectivity index (χ4v) is 2.64. The molecule has 0 amide bonds. The Balaban J connectivity index is 2.18. The number of aromatic nitrogens is 1. The van der Waals surface area contributed by atoms with Gasteiger partial charge in [0.1, 0.15) is 5.76 Å². The second kappa shape index (κ2) is 5.19. The summed E-state index contributed by atoms with van der Waals surface area (Å²) < 4.78 is 11.5. The fraction of sp³-hybridized carbons (Fsp3) is 0.769. The Kier molecular flexibility index (Phi) is 3.84. The highest BCUT2D eigenvalue weighted by molar-refractivity contribution is 5.17. The molecule has 1 N–H and O–H groups in total. The van der Waals surface area contributed by atoms with Crippen molar-refractivity contribution in [2.24, 2.45) is 5.92 Å². The number of hydrogen-bond acceptors (Lipinski definition) is 4. The van der Waals surface area contributed by atoms with E-state index >= 15 is 0 Å². The van der Waals surface area contributed by atoms with Gasteiger partial charge in [0.25, 0.3) is 0 Å². The quantitative estimate of drug-likeness (QED) is 0.874. The summed E-state index contributed by atoms with van der Waals surface area (Å²) in [4.78, 5) is 4.31. The molecule has 0 radical (unpaired) electrons. The summed E-state index contributed by atoms with van der Waals surface area (Å²) in [5.74, 6) is 1.79. The Labute approximate surface area is 103 Å². The second-order valence-corrected chi connectivity index (χ2v) is 4.87. The third-order valence-corrected chi connectivity index (χ3v) is 3.76. The van der Waals surface area contributed by atoms with Crippen molar-refractivity contribution in [3.63, 3.8) is 0 Å². The summed E-state index contributed by atoms with van der Waals surface area (Å²) in [7, 11) is 0. The van der Waals surface area contributed by atoms with Gasteiger partial charge in [-0.3, -0.25) is 0 Å². The van der Waals surface area contributed by atoms with E-state index in [2.05, 4.69) is 38.0 Å². The highest BCUT2D eigenvalue weighted by Crippen LogP contribution is 2.40. The molecule has 0 saturated carbocycles. The SMILES string of the molecule is CCNCc1ncoc1C1C(C)OC(C)C1C. The van der Waals surface area contributed by atoms with E-state index in [1.54, 1.807) is 6.39 Å². The number of oxazole rings is 1. The van der Waals surface area contributed by atoms with Gasteiger partial charge in [0.2, 0.25) is 0 Å². The van der Waals surface area contributed by atoms with Crippen LogP contribution in [0.15, 0.2) is 10.8 Å². The Morgan fingerprint density at radius 2 is 2.06 bits per heavy atom. The summed E-state index contributed by atoms with van der Waals surface area (Å²) in [6, 6.07) is 0. The molecule has 1 fully saturated rings. The van der Waals surface area contributed by atoms with Crippen molar-refractivity contribution in [3.05, 3.63) is 17.8 Å². The molecule has 0 spiro atoms. The lowest BCUT2D eigenvalue weighted by Gasteiger charge is -2.16. The van der Waals surface area contributed by atoms with E-state index in [9.17, 15) is 0 Å². The van der Waals surface area contributed by atoms with Crippen LogP contribution < -0.4 is 5.32 Å². The average Bonchev–Trinajstić information content (AvgIpc) is 2.82. The van der Waals surface area contributed by atoms with Crippen molar-refractivity contribution >= 4 is 0 Å². The van der Waals surface area contributed by atoms with E-state index in [0.717, 1.165) is 24.5 Å². The molecule has 0 bridgehead atoms. The summed E-state index contributed by atoms with van der Waals surface area (Å²) in [6.45, 7) is 10.3. The van der Waals surface area contributed by atoms with Gasteiger partial charge in [0.15, 0.2) is 6.39 Å². The molecule has 4 heteroatoms. The maximum atomic E-state index is 5.86. The van der Waals surface area contributed by atoms with Gasteiger partial charge in [-0.05, 0) is 26.3 Å². The predicted molar refractivity (Wildman–Crippen MR) is 65.8 cm³/mol. The maximum Gasteiger partial charge on any atom is 0.181 e. The van der Waals surface area contributed by atoms with Gasteiger partial charge in [-0.2, -0.15) is 0 Å². The van der Waals surface area contributed by atoms with Gasteiger partial charge < -0.3 is 14.5 Å². The van der Waals surface area contributed by atoms with E-state index < -0.39 is 0 Å². The van der Waals surface area contributed by atoms with Crippen LogP contribution in [0.2, 0.25) is 0 Å². The van der Waals surface area contributed by atoms with Crippen molar-refractivity contribution in [3.8, 4) is 0 Å². The highest BCUT2D eigenvalue weighted by atomic mass is 16.5. The van der Waals surface area contributed by atoms with Crippen molar-refractivity contribution in [2.45, 2.75) is 52.4 Å². The molecule has 1 aliphatic heterocycles. The van der Waals surface area contributed by atoms with Gasteiger partial charge in [-0.15, -0.1) is 0 Å². The molecular weight excluding hydrogens is 216 g/mol. The molecule has 17 heavy (non-hydrogen) atoms.